The lowest BCUT2D eigenvalue weighted by molar-refractivity contribution is -0.133. The van der Waals surface area contributed by atoms with Crippen LogP contribution in [0.3, 0.4) is 0 Å². The van der Waals surface area contributed by atoms with Crippen molar-refractivity contribution >= 4 is 29.9 Å². The van der Waals surface area contributed by atoms with Gasteiger partial charge in [-0.05, 0) is 31.9 Å². The lowest BCUT2D eigenvalue weighted by atomic mass is 10.0. The first-order chi connectivity index (χ1) is 11.2. The van der Waals surface area contributed by atoms with Crippen LogP contribution in [0.2, 0.25) is 0 Å². The van der Waals surface area contributed by atoms with Crippen molar-refractivity contribution in [3.63, 3.8) is 0 Å². The van der Waals surface area contributed by atoms with Crippen molar-refractivity contribution in [1.29, 1.82) is 0 Å². The quantitative estimate of drug-likeness (QED) is 0.853. The first kappa shape index (κ1) is 18.7. The molecule has 0 spiro atoms. The third-order valence-electron chi connectivity index (χ3n) is 4.42. The molecule has 2 amide bonds. The summed E-state index contributed by atoms with van der Waals surface area (Å²) in [7, 11) is 0. The topological polar surface area (TPSA) is 70.7 Å². The predicted octanol–water partition coefficient (Wildman–Crippen LogP) is 1.10. The van der Waals surface area contributed by atoms with Gasteiger partial charge >= 0.3 is 0 Å². The molecule has 0 radical (unpaired) electrons. The maximum atomic E-state index is 12.7. The Morgan fingerprint density at radius 2 is 2.08 bits per heavy atom. The molecule has 2 aliphatic heterocycles. The fourth-order valence-corrected chi connectivity index (χ4v) is 3.16. The average molecular weight is 354 g/mol. The molecule has 24 heavy (non-hydrogen) atoms. The second-order valence-corrected chi connectivity index (χ2v) is 6.04. The zero-order chi connectivity index (χ0) is 16.2. The van der Waals surface area contributed by atoms with Gasteiger partial charge in [0.05, 0.1) is 12.7 Å². The minimum Gasteiger partial charge on any atom is -0.375 e. The van der Waals surface area contributed by atoms with E-state index in [0.29, 0.717) is 26.1 Å². The number of ether oxygens (including phenoxy) is 1. The summed E-state index contributed by atoms with van der Waals surface area (Å²) >= 11 is 0. The van der Waals surface area contributed by atoms with Crippen LogP contribution in [0.5, 0.6) is 0 Å². The number of carbonyl (C=O) groups is 2. The number of nitrogens with zero attached hydrogens (tertiary/aromatic N) is 1. The maximum absolute atomic E-state index is 12.7. The Hall–Kier alpha value is -1.63. The number of hydrogen-bond donors (Lipinski definition) is 2. The van der Waals surface area contributed by atoms with Gasteiger partial charge in [0.2, 0.25) is 11.8 Å². The molecule has 2 N–H and O–H groups in total. The van der Waals surface area contributed by atoms with Crippen molar-refractivity contribution in [3.8, 4) is 0 Å². The molecule has 132 valence electrons. The van der Waals surface area contributed by atoms with Gasteiger partial charge in [-0.25, -0.2) is 0 Å². The summed E-state index contributed by atoms with van der Waals surface area (Å²) in [6, 6.07) is 8.72. The minimum atomic E-state index is -0.465. The molecule has 2 saturated heterocycles. The highest BCUT2D eigenvalue weighted by atomic mass is 35.5. The SMILES string of the molecule is C[C@H]1OCCN[C@@H]1C(=O)NC1CCCN(c2ccccc2)C1=O.Cl. The van der Waals surface area contributed by atoms with Gasteiger partial charge in [-0.1, -0.05) is 18.2 Å². The Labute approximate surface area is 148 Å². The van der Waals surface area contributed by atoms with E-state index in [4.69, 9.17) is 4.74 Å². The zero-order valence-corrected chi connectivity index (χ0v) is 14.6. The summed E-state index contributed by atoms with van der Waals surface area (Å²) in [5, 5.41) is 6.05. The molecule has 1 unspecified atom stereocenters. The molecule has 7 heteroatoms. The molecule has 0 aromatic heterocycles. The highest BCUT2D eigenvalue weighted by Crippen LogP contribution is 2.21. The van der Waals surface area contributed by atoms with E-state index in [-0.39, 0.29) is 30.3 Å². The zero-order valence-electron chi connectivity index (χ0n) is 13.7. The number of halogens is 1. The maximum Gasteiger partial charge on any atom is 0.249 e. The van der Waals surface area contributed by atoms with E-state index in [2.05, 4.69) is 10.6 Å². The Morgan fingerprint density at radius 1 is 1.33 bits per heavy atom. The van der Waals surface area contributed by atoms with E-state index in [1.54, 1.807) is 4.90 Å². The molecule has 1 aromatic carbocycles. The molecule has 0 saturated carbocycles. The fourth-order valence-electron chi connectivity index (χ4n) is 3.16. The van der Waals surface area contributed by atoms with Gasteiger partial charge in [0.25, 0.3) is 0 Å². The highest BCUT2D eigenvalue weighted by Gasteiger charge is 2.34. The van der Waals surface area contributed by atoms with E-state index in [1.807, 2.05) is 37.3 Å². The molecule has 0 aliphatic carbocycles. The van der Waals surface area contributed by atoms with Crippen molar-refractivity contribution < 1.29 is 14.3 Å². The lowest BCUT2D eigenvalue weighted by Crippen LogP contribution is -2.60. The van der Waals surface area contributed by atoms with E-state index in [0.717, 1.165) is 12.1 Å². The van der Waals surface area contributed by atoms with Crippen molar-refractivity contribution in [2.45, 2.75) is 38.0 Å². The van der Waals surface area contributed by atoms with Gasteiger partial charge in [0.1, 0.15) is 12.1 Å². The highest BCUT2D eigenvalue weighted by molar-refractivity contribution is 6.00. The third-order valence-corrected chi connectivity index (χ3v) is 4.42. The molecule has 2 aliphatic rings. The fraction of sp³-hybridized carbons (Fsp3) is 0.529. The Kier molecular flexibility index (Phi) is 6.60. The smallest absolute Gasteiger partial charge is 0.249 e. The summed E-state index contributed by atoms with van der Waals surface area (Å²) in [5.74, 6) is -0.203. The minimum absolute atomic E-state index is 0. The monoisotopic (exact) mass is 353 g/mol. The van der Waals surface area contributed by atoms with Gasteiger partial charge in [-0.2, -0.15) is 0 Å². The molecule has 2 fully saturated rings. The molecule has 2 heterocycles. The normalized spacial score (nSPS) is 27.3. The van der Waals surface area contributed by atoms with Crippen LogP contribution in [0.25, 0.3) is 0 Å². The summed E-state index contributed by atoms with van der Waals surface area (Å²) < 4.78 is 5.50. The second kappa shape index (κ2) is 8.46. The Morgan fingerprint density at radius 3 is 2.79 bits per heavy atom. The number of hydrogen-bond acceptors (Lipinski definition) is 4. The molecular weight excluding hydrogens is 330 g/mol. The molecule has 6 nitrogen and oxygen atoms in total. The largest absolute Gasteiger partial charge is 0.375 e. The summed E-state index contributed by atoms with van der Waals surface area (Å²) in [6.45, 7) is 3.82. The van der Waals surface area contributed by atoms with Crippen molar-refractivity contribution in [2.24, 2.45) is 0 Å². The first-order valence-corrected chi connectivity index (χ1v) is 8.18. The second-order valence-electron chi connectivity index (χ2n) is 6.04. The van der Waals surface area contributed by atoms with Crippen LogP contribution >= 0.6 is 12.4 Å². The van der Waals surface area contributed by atoms with E-state index < -0.39 is 12.1 Å². The van der Waals surface area contributed by atoms with Crippen molar-refractivity contribution in [3.05, 3.63) is 30.3 Å². The number of carbonyl (C=O) groups excluding carboxylic acids is 2. The Balaban J connectivity index is 0.00000208. The number of amides is 2. The molecule has 0 bridgehead atoms. The first-order valence-electron chi connectivity index (χ1n) is 8.18. The lowest BCUT2D eigenvalue weighted by Gasteiger charge is -2.35. The van der Waals surface area contributed by atoms with E-state index >= 15 is 0 Å². The average Bonchev–Trinajstić information content (AvgIpc) is 2.58. The van der Waals surface area contributed by atoms with Gasteiger partial charge in [-0.15, -0.1) is 12.4 Å². The number of anilines is 1. The van der Waals surface area contributed by atoms with Gasteiger partial charge < -0.3 is 20.3 Å². The van der Waals surface area contributed by atoms with Crippen LogP contribution in [0, 0.1) is 0 Å². The number of nitrogens with one attached hydrogen (secondary N) is 2. The van der Waals surface area contributed by atoms with Crippen LogP contribution in [-0.2, 0) is 14.3 Å². The molecule has 3 rings (SSSR count). The van der Waals surface area contributed by atoms with Crippen molar-refractivity contribution in [1.82, 2.24) is 10.6 Å². The van der Waals surface area contributed by atoms with Crippen LogP contribution in [0.1, 0.15) is 19.8 Å². The number of para-hydroxylation sites is 1. The number of rotatable bonds is 3. The van der Waals surface area contributed by atoms with Gasteiger partial charge in [0.15, 0.2) is 0 Å². The summed E-state index contributed by atoms with van der Waals surface area (Å²) in [6.07, 6.45) is 1.36. The number of piperidine rings is 1. The van der Waals surface area contributed by atoms with Crippen LogP contribution in [0.15, 0.2) is 30.3 Å². The van der Waals surface area contributed by atoms with Crippen molar-refractivity contribution in [2.75, 3.05) is 24.6 Å². The molecule has 1 aromatic rings. The predicted molar refractivity (Wildman–Crippen MR) is 94.4 cm³/mol. The van der Waals surface area contributed by atoms with Gasteiger partial charge in [0, 0.05) is 18.8 Å². The van der Waals surface area contributed by atoms with Gasteiger partial charge in [-0.3, -0.25) is 9.59 Å². The summed E-state index contributed by atoms with van der Waals surface area (Å²) in [5.41, 5.74) is 0.879. The van der Waals surface area contributed by atoms with Crippen LogP contribution in [-0.4, -0.2) is 49.7 Å². The van der Waals surface area contributed by atoms with E-state index in [1.165, 1.54) is 0 Å². The van der Waals surface area contributed by atoms with Crippen LogP contribution < -0.4 is 15.5 Å². The third kappa shape index (κ3) is 4.06. The molecule has 3 atom stereocenters. The molecular formula is C17H24ClN3O3. The number of benzene rings is 1. The number of morpholine rings is 1. The van der Waals surface area contributed by atoms with Crippen LogP contribution in [0.4, 0.5) is 5.69 Å². The standard InChI is InChI=1S/C17H23N3O3.ClH/c1-12-15(18-9-11-23-12)16(21)19-14-8-5-10-20(17(14)22)13-6-3-2-4-7-13;/h2-4,6-7,12,14-15,18H,5,8-11H2,1H3,(H,19,21);1H/t12-,14?,15+;/m1./s1. The Bertz CT molecular complexity index is 569. The van der Waals surface area contributed by atoms with E-state index in [9.17, 15) is 9.59 Å². The summed E-state index contributed by atoms with van der Waals surface area (Å²) in [4.78, 5) is 26.9.